The maximum Gasteiger partial charge on any atom is 0.167 e. The Morgan fingerprint density at radius 2 is 2.06 bits per heavy atom. The summed E-state index contributed by atoms with van der Waals surface area (Å²) in [6.45, 7) is 0. The Labute approximate surface area is 98.0 Å². The number of aliphatic hydroxyl groups excluding tert-OH is 1. The van der Waals surface area contributed by atoms with Crippen LogP contribution in [-0.4, -0.2) is 33.9 Å². The van der Waals surface area contributed by atoms with E-state index in [2.05, 4.69) is 10.3 Å². The molecule has 2 N–H and O–H groups in total. The zero-order valence-electron chi connectivity index (χ0n) is 9.02. The van der Waals surface area contributed by atoms with Crippen molar-refractivity contribution in [3.63, 3.8) is 0 Å². The van der Waals surface area contributed by atoms with Crippen molar-refractivity contribution in [2.75, 3.05) is 0 Å². The van der Waals surface area contributed by atoms with Crippen molar-refractivity contribution in [1.29, 1.82) is 0 Å². The molecule has 0 spiro atoms. The van der Waals surface area contributed by atoms with Gasteiger partial charge in [-0.3, -0.25) is 0 Å². The smallest absolute Gasteiger partial charge is 0.167 e. The molecule has 1 heterocycles. The number of benzene rings is 1. The predicted molar refractivity (Wildman–Crippen MR) is 61.2 cm³/mol. The summed E-state index contributed by atoms with van der Waals surface area (Å²) in [5, 5.41) is 26.0. The van der Waals surface area contributed by atoms with Crippen molar-refractivity contribution >= 4 is 11.4 Å². The van der Waals surface area contributed by atoms with E-state index in [1.807, 2.05) is 30.3 Å². The van der Waals surface area contributed by atoms with E-state index in [-0.39, 0.29) is 5.92 Å². The molecular weight excluding hydrogens is 220 g/mol. The van der Waals surface area contributed by atoms with Crippen molar-refractivity contribution in [2.45, 2.75) is 18.6 Å². The van der Waals surface area contributed by atoms with Crippen molar-refractivity contribution in [3.8, 4) is 0 Å². The Bertz CT molecular complexity index is 484. The summed E-state index contributed by atoms with van der Waals surface area (Å²) in [5.41, 5.74) is 2.18. The molecule has 88 valence electrons. The third-order valence-corrected chi connectivity index (χ3v) is 3.25. The Hall–Kier alpha value is -1.88. The Morgan fingerprint density at radius 1 is 1.29 bits per heavy atom. The molecule has 1 fully saturated rings. The van der Waals surface area contributed by atoms with Crippen molar-refractivity contribution in [1.82, 2.24) is 0 Å². The summed E-state index contributed by atoms with van der Waals surface area (Å²) in [7, 11) is 0. The minimum Gasteiger partial charge on any atom is -0.411 e. The van der Waals surface area contributed by atoms with Crippen LogP contribution in [0.1, 0.15) is 12.0 Å². The van der Waals surface area contributed by atoms with Crippen LogP contribution in [0.15, 0.2) is 40.6 Å². The summed E-state index contributed by atoms with van der Waals surface area (Å²) in [6, 6.07) is 9.58. The van der Waals surface area contributed by atoms with Crippen LogP contribution >= 0.6 is 0 Å². The maximum atomic E-state index is 9.78. The van der Waals surface area contributed by atoms with E-state index in [4.69, 9.17) is 10.0 Å². The van der Waals surface area contributed by atoms with E-state index in [0.29, 0.717) is 12.1 Å². The topological polar surface area (TPSA) is 74.4 Å². The van der Waals surface area contributed by atoms with Gasteiger partial charge in [0.1, 0.15) is 0 Å². The lowest BCUT2D eigenvalue weighted by Crippen LogP contribution is -2.28. The molecule has 0 unspecified atom stereocenters. The van der Waals surface area contributed by atoms with Gasteiger partial charge in [-0.15, -0.1) is 0 Å². The summed E-state index contributed by atoms with van der Waals surface area (Å²) < 4.78 is 0. The quantitative estimate of drug-likeness (QED) is 0.560. The molecular formula is C12H12N2O3. The van der Waals surface area contributed by atoms with Gasteiger partial charge in [-0.05, 0) is 0 Å². The molecule has 0 saturated heterocycles. The molecule has 5 nitrogen and oxygen atoms in total. The van der Waals surface area contributed by atoms with Crippen LogP contribution in [-0.2, 0) is 4.84 Å². The molecule has 0 bridgehead atoms. The normalized spacial score (nSPS) is 33.4. The standard InChI is InChI=1S/C12H12N2O3/c15-9-6-8(13-16)10-11(14-17-12(9)10)7-4-2-1-3-5-7/h1-5,9-10,12,15-16H,6H2/b13-8+/t9-,10+,12+/m0/s1. The fourth-order valence-electron chi connectivity index (χ4n) is 2.43. The molecule has 2 aliphatic rings. The molecule has 0 amide bonds. The lowest BCUT2D eigenvalue weighted by Gasteiger charge is -2.10. The van der Waals surface area contributed by atoms with Gasteiger partial charge >= 0.3 is 0 Å². The fourth-order valence-corrected chi connectivity index (χ4v) is 2.43. The maximum absolute atomic E-state index is 9.78. The second-order valence-corrected chi connectivity index (χ2v) is 4.25. The lowest BCUT2D eigenvalue weighted by atomic mass is 9.93. The number of hydrogen-bond acceptors (Lipinski definition) is 5. The fraction of sp³-hybridized carbons (Fsp3) is 0.333. The van der Waals surface area contributed by atoms with E-state index >= 15 is 0 Å². The zero-order chi connectivity index (χ0) is 11.8. The minimum absolute atomic E-state index is 0.239. The third-order valence-electron chi connectivity index (χ3n) is 3.25. The first kappa shape index (κ1) is 10.3. The van der Waals surface area contributed by atoms with Crippen molar-refractivity contribution in [3.05, 3.63) is 35.9 Å². The summed E-state index contributed by atoms with van der Waals surface area (Å²) in [4.78, 5) is 5.23. The predicted octanol–water partition coefficient (Wildman–Crippen LogP) is 1.00. The number of fused-ring (bicyclic) bond motifs is 1. The number of oxime groups is 2. The molecule has 5 heteroatoms. The molecule has 1 aromatic carbocycles. The van der Waals surface area contributed by atoms with Gasteiger partial charge in [0.2, 0.25) is 0 Å². The van der Waals surface area contributed by atoms with Crippen LogP contribution in [0.4, 0.5) is 0 Å². The number of hydrogen-bond donors (Lipinski definition) is 2. The molecule has 0 aromatic heterocycles. The number of nitrogens with zero attached hydrogens (tertiary/aromatic N) is 2. The molecule has 3 rings (SSSR count). The second-order valence-electron chi connectivity index (χ2n) is 4.25. The highest BCUT2D eigenvalue weighted by Crippen LogP contribution is 2.34. The van der Waals surface area contributed by atoms with E-state index in [0.717, 1.165) is 11.3 Å². The van der Waals surface area contributed by atoms with E-state index < -0.39 is 12.2 Å². The first-order valence-corrected chi connectivity index (χ1v) is 5.49. The first-order chi connectivity index (χ1) is 8.31. The number of rotatable bonds is 1. The lowest BCUT2D eigenvalue weighted by molar-refractivity contribution is -0.00997. The van der Waals surface area contributed by atoms with Gasteiger partial charge < -0.3 is 15.2 Å². The highest BCUT2D eigenvalue weighted by Gasteiger charge is 2.49. The largest absolute Gasteiger partial charge is 0.411 e. The highest BCUT2D eigenvalue weighted by atomic mass is 16.7. The second kappa shape index (κ2) is 3.85. The Kier molecular flexibility index (Phi) is 2.33. The Morgan fingerprint density at radius 3 is 2.76 bits per heavy atom. The van der Waals surface area contributed by atoms with Crippen LogP contribution in [0.25, 0.3) is 0 Å². The van der Waals surface area contributed by atoms with E-state index in [1.165, 1.54) is 0 Å². The van der Waals surface area contributed by atoms with E-state index in [1.54, 1.807) is 0 Å². The molecule has 1 aliphatic carbocycles. The van der Waals surface area contributed by atoms with E-state index in [9.17, 15) is 5.11 Å². The Balaban J connectivity index is 1.99. The van der Waals surface area contributed by atoms with Gasteiger partial charge in [-0.25, -0.2) is 0 Å². The monoisotopic (exact) mass is 232 g/mol. The molecule has 3 atom stereocenters. The minimum atomic E-state index is -0.657. The first-order valence-electron chi connectivity index (χ1n) is 5.49. The summed E-state index contributed by atoms with van der Waals surface area (Å²) >= 11 is 0. The van der Waals surface area contributed by atoms with Gasteiger partial charge in [0, 0.05) is 12.0 Å². The molecule has 17 heavy (non-hydrogen) atoms. The van der Waals surface area contributed by atoms with Crippen LogP contribution in [0.3, 0.4) is 0 Å². The van der Waals surface area contributed by atoms with Crippen LogP contribution in [0.2, 0.25) is 0 Å². The van der Waals surface area contributed by atoms with Gasteiger partial charge in [0.25, 0.3) is 0 Å². The average Bonchev–Trinajstić information content (AvgIpc) is 2.92. The van der Waals surface area contributed by atoms with Gasteiger partial charge in [0.15, 0.2) is 6.10 Å². The molecule has 1 saturated carbocycles. The summed E-state index contributed by atoms with van der Waals surface area (Å²) in [6.07, 6.45) is -0.746. The molecule has 1 aliphatic heterocycles. The van der Waals surface area contributed by atoms with Crippen LogP contribution in [0.5, 0.6) is 0 Å². The van der Waals surface area contributed by atoms with Crippen LogP contribution < -0.4 is 0 Å². The third kappa shape index (κ3) is 1.51. The number of aliphatic hydroxyl groups is 1. The molecule has 0 radical (unpaired) electrons. The van der Waals surface area contributed by atoms with Gasteiger partial charge in [-0.1, -0.05) is 40.6 Å². The average molecular weight is 232 g/mol. The summed E-state index contributed by atoms with van der Waals surface area (Å²) in [5.74, 6) is -0.239. The van der Waals surface area contributed by atoms with Crippen molar-refractivity contribution < 1.29 is 15.2 Å². The van der Waals surface area contributed by atoms with Gasteiger partial charge in [-0.2, -0.15) is 0 Å². The molecule has 1 aromatic rings. The highest BCUT2D eigenvalue weighted by molar-refractivity contribution is 6.17. The van der Waals surface area contributed by atoms with Crippen LogP contribution in [0, 0.1) is 5.92 Å². The van der Waals surface area contributed by atoms with Gasteiger partial charge in [0.05, 0.1) is 23.4 Å². The SMILES string of the molecule is O/N=C1\C[C@H](O)[C@H]2ON=C(c3ccccc3)[C@@H]12. The van der Waals surface area contributed by atoms with Crippen molar-refractivity contribution in [2.24, 2.45) is 16.2 Å². The zero-order valence-corrected chi connectivity index (χ0v) is 9.02.